The van der Waals surface area contributed by atoms with E-state index in [9.17, 15) is 13.2 Å². The third-order valence-corrected chi connectivity index (χ3v) is 9.83. The molecule has 3 aliphatic rings. The minimum atomic E-state index is -4.51. The van der Waals surface area contributed by atoms with E-state index in [1.807, 2.05) is 26.1 Å². The highest BCUT2D eigenvalue weighted by atomic mass is 35.5. The second-order valence-electron chi connectivity index (χ2n) is 12.8. The molecular formula is C30H35ClF3N7O2. The molecule has 7 rings (SSSR count). The maximum atomic E-state index is 13.2. The number of nitrogen functional groups attached to an aromatic ring is 1. The number of nitrogens with zero attached hydrogens (tertiary/aromatic N) is 5. The number of alkyl halides is 3. The molecule has 13 heteroatoms. The summed E-state index contributed by atoms with van der Waals surface area (Å²) in [6.07, 6.45) is 3.59. The van der Waals surface area contributed by atoms with Gasteiger partial charge in [0.1, 0.15) is 29.7 Å². The van der Waals surface area contributed by atoms with Gasteiger partial charge in [-0.15, -0.1) is 0 Å². The van der Waals surface area contributed by atoms with Gasteiger partial charge in [-0.2, -0.15) is 13.2 Å². The summed E-state index contributed by atoms with van der Waals surface area (Å²) in [6, 6.07) is 4.85. The topological polar surface area (TPSA) is 107 Å². The van der Waals surface area contributed by atoms with Crippen LogP contribution in [0.15, 0.2) is 30.7 Å². The lowest BCUT2D eigenvalue weighted by Gasteiger charge is -2.42. The number of aromatic nitrogens is 5. The fraction of sp³-hybridized carbons (Fsp3) is 0.567. The third kappa shape index (κ3) is 5.26. The molecule has 3 N–H and O–H groups in total. The minimum absolute atomic E-state index is 0.0191. The van der Waals surface area contributed by atoms with Crippen LogP contribution < -0.4 is 5.73 Å². The van der Waals surface area contributed by atoms with Gasteiger partial charge in [0.05, 0.1) is 39.2 Å². The van der Waals surface area contributed by atoms with Crippen molar-refractivity contribution in [1.29, 1.82) is 0 Å². The number of ether oxygens (including phenoxy) is 2. The molecule has 2 aliphatic carbocycles. The lowest BCUT2D eigenvalue weighted by Crippen LogP contribution is -2.46. The standard InChI is InChI=1S/C30H35ClF3N7O2/c1-29(2)42-25-16(10-23(26(25)43-29)41-7-6-18-27(35)36-14-37-28(18)41)13-40(3)17-8-15(9-17)4-5-24-38-21-11-19(30(32,33)34)20(31)12-22(21)39-24/h6-7,11-12,14-17,23,25-26H,4-5,8-10,13H2,1-3H3,(H,38,39)(H2,35,36,37)/t15?,16-,17?,23-,25-,26+/m1/s1. The number of aromatic amines is 1. The van der Waals surface area contributed by atoms with Gasteiger partial charge < -0.3 is 29.7 Å². The molecule has 4 atom stereocenters. The molecule has 43 heavy (non-hydrogen) atoms. The Morgan fingerprint density at radius 1 is 1.16 bits per heavy atom. The van der Waals surface area contributed by atoms with Crippen LogP contribution in [0.4, 0.5) is 19.0 Å². The maximum Gasteiger partial charge on any atom is 0.417 e. The van der Waals surface area contributed by atoms with Gasteiger partial charge in [0.15, 0.2) is 5.79 Å². The van der Waals surface area contributed by atoms with Crippen molar-refractivity contribution in [2.24, 2.45) is 11.8 Å². The predicted molar refractivity (Wildman–Crippen MR) is 156 cm³/mol. The van der Waals surface area contributed by atoms with E-state index in [0.29, 0.717) is 41.5 Å². The molecule has 1 saturated heterocycles. The SMILES string of the molecule is CN(C[C@H]1C[C@@H](n2ccc3c(N)ncnc32)[C@@H]2OC(C)(C)O[C@H]12)C1CC(CCc2nc3cc(C(F)(F)F)c(Cl)cc3[nH]2)C1. The molecule has 4 heterocycles. The van der Waals surface area contributed by atoms with Gasteiger partial charge in [0.2, 0.25) is 0 Å². The monoisotopic (exact) mass is 617 g/mol. The average Bonchev–Trinajstić information content (AvgIpc) is 3.64. The van der Waals surface area contributed by atoms with Gasteiger partial charge >= 0.3 is 6.18 Å². The van der Waals surface area contributed by atoms with Gasteiger partial charge in [0, 0.05) is 31.1 Å². The van der Waals surface area contributed by atoms with Crippen molar-refractivity contribution in [2.75, 3.05) is 19.3 Å². The quantitative estimate of drug-likeness (QED) is 0.262. The summed E-state index contributed by atoms with van der Waals surface area (Å²) in [5.74, 6) is 1.34. The number of anilines is 1. The molecule has 2 saturated carbocycles. The van der Waals surface area contributed by atoms with Crippen molar-refractivity contribution < 1.29 is 22.6 Å². The zero-order valence-corrected chi connectivity index (χ0v) is 25.0. The van der Waals surface area contributed by atoms with Gasteiger partial charge in [-0.05, 0) is 70.7 Å². The molecule has 230 valence electrons. The Balaban J connectivity index is 0.969. The number of H-pyrrole nitrogens is 1. The maximum absolute atomic E-state index is 13.2. The number of aryl methyl sites for hydroxylation is 1. The van der Waals surface area contributed by atoms with Crippen LogP contribution in [-0.2, 0) is 22.1 Å². The summed E-state index contributed by atoms with van der Waals surface area (Å²) in [5.41, 5.74) is 6.87. The minimum Gasteiger partial charge on any atom is -0.383 e. The molecule has 1 aliphatic heterocycles. The molecule has 0 amide bonds. The smallest absolute Gasteiger partial charge is 0.383 e. The lowest BCUT2D eigenvalue weighted by molar-refractivity contribution is -0.161. The van der Waals surface area contributed by atoms with Gasteiger partial charge in [-0.25, -0.2) is 15.0 Å². The van der Waals surface area contributed by atoms with Crippen LogP contribution >= 0.6 is 11.6 Å². The number of imidazole rings is 1. The Kier molecular flexibility index (Phi) is 6.92. The van der Waals surface area contributed by atoms with Crippen LogP contribution in [0.1, 0.15) is 57.0 Å². The first-order valence-corrected chi connectivity index (χ1v) is 15.1. The van der Waals surface area contributed by atoms with E-state index in [4.69, 9.17) is 26.8 Å². The zero-order valence-electron chi connectivity index (χ0n) is 24.2. The highest BCUT2D eigenvalue weighted by molar-refractivity contribution is 6.32. The van der Waals surface area contributed by atoms with Gasteiger partial charge in [0.25, 0.3) is 0 Å². The zero-order chi connectivity index (χ0) is 30.3. The van der Waals surface area contributed by atoms with Crippen LogP contribution in [0.25, 0.3) is 22.1 Å². The molecule has 1 aromatic carbocycles. The van der Waals surface area contributed by atoms with Crippen molar-refractivity contribution in [3.63, 3.8) is 0 Å². The Bertz CT molecular complexity index is 1660. The first-order valence-electron chi connectivity index (χ1n) is 14.7. The van der Waals surface area contributed by atoms with E-state index in [-0.39, 0.29) is 28.8 Å². The number of benzene rings is 1. The van der Waals surface area contributed by atoms with Crippen LogP contribution in [0.2, 0.25) is 5.02 Å². The predicted octanol–water partition coefficient (Wildman–Crippen LogP) is 5.99. The molecule has 0 radical (unpaired) electrons. The second-order valence-corrected chi connectivity index (χ2v) is 13.3. The normalized spacial score (nSPS) is 28.7. The summed E-state index contributed by atoms with van der Waals surface area (Å²) in [7, 11) is 2.18. The Labute approximate surface area is 251 Å². The highest BCUT2D eigenvalue weighted by Crippen LogP contribution is 2.48. The van der Waals surface area contributed by atoms with Crippen molar-refractivity contribution in [1.82, 2.24) is 29.4 Å². The highest BCUT2D eigenvalue weighted by Gasteiger charge is 2.55. The fourth-order valence-electron chi connectivity index (χ4n) is 7.34. The summed E-state index contributed by atoms with van der Waals surface area (Å²) in [6.45, 7) is 4.84. The number of hydrogen-bond donors (Lipinski definition) is 2. The molecule has 3 aromatic heterocycles. The van der Waals surface area contributed by atoms with E-state index in [1.54, 1.807) is 0 Å². The van der Waals surface area contributed by atoms with Crippen molar-refractivity contribution in [3.8, 4) is 0 Å². The number of hydrogen-bond acceptors (Lipinski definition) is 7. The molecular weight excluding hydrogens is 583 g/mol. The molecule has 0 spiro atoms. The van der Waals surface area contributed by atoms with Gasteiger partial charge in [-0.1, -0.05) is 11.6 Å². The molecule has 0 unspecified atom stereocenters. The van der Waals surface area contributed by atoms with Gasteiger partial charge in [-0.3, -0.25) is 0 Å². The van der Waals surface area contributed by atoms with E-state index >= 15 is 0 Å². The Morgan fingerprint density at radius 3 is 2.70 bits per heavy atom. The van der Waals surface area contributed by atoms with E-state index < -0.39 is 17.5 Å². The summed E-state index contributed by atoms with van der Waals surface area (Å²) < 4.78 is 54.7. The van der Waals surface area contributed by atoms with Crippen molar-refractivity contribution >= 4 is 39.5 Å². The summed E-state index contributed by atoms with van der Waals surface area (Å²) in [4.78, 5) is 18.6. The average molecular weight is 618 g/mol. The number of nitrogens with one attached hydrogen (secondary N) is 1. The van der Waals surface area contributed by atoms with Crippen LogP contribution in [0.3, 0.4) is 0 Å². The molecule has 4 aromatic rings. The van der Waals surface area contributed by atoms with E-state index in [1.165, 1.54) is 12.4 Å². The number of nitrogens with two attached hydrogens (primary N) is 1. The van der Waals surface area contributed by atoms with Crippen LogP contribution in [-0.4, -0.2) is 67.0 Å². The van der Waals surface area contributed by atoms with Crippen LogP contribution in [0.5, 0.6) is 0 Å². The molecule has 0 bridgehead atoms. The molecule has 3 fully saturated rings. The summed E-state index contributed by atoms with van der Waals surface area (Å²) in [5, 5.41) is 0.522. The number of halogens is 4. The largest absolute Gasteiger partial charge is 0.417 e. The van der Waals surface area contributed by atoms with Crippen LogP contribution in [0, 0.1) is 11.8 Å². The first kappa shape index (κ1) is 28.8. The first-order chi connectivity index (χ1) is 20.4. The Hall–Kier alpha value is -2.93. The fourth-order valence-corrected chi connectivity index (χ4v) is 7.61. The second kappa shape index (κ2) is 10.3. The van der Waals surface area contributed by atoms with Crippen molar-refractivity contribution in [2.45, 2.75) is 82.2 Å². The Morgan fingerprint density at radius 2 is 1.93 bits per heavy atom. The number of fused-ring (bicyclic) bond motifs is 3. The lowest BCUT2D eigenvalue weighted by atomic mass is 9.76. The van der Waals surface area contributed by atoms with E-state index in [2.05, 4.69) is 36.5 Å². The van der Waals surface area contributed by atoms with E-state index in [0.717, 1.165) is 49.3 Å². The summed E-state index contributed by atoms with van der Waals surface area (Å²) >= 11 is 5.87. The third-order valence-electron chi connectivity index (χ3n) is 9.52. The number of rotatable bonds is 7. The molecule has 9 nitrogen and oxygen atoms in total. The van der Waals surface area contributed by atoms with Crippen molar-refractivity contribution in [3.05, 3.63) is 47.1 Å².